The Hall–Kier alpha value is -3.46. The van der Waals surface area contributed by atoms with Gasteiger partial charge < -0.3 is 19.3 Å². The van der Waals surface area contributed by atoms with Crippen molar-refractivity contribution >= 4 is 40.6 Å². The second kappa shape index (κ2) is 8.91. The zero-order chi connectivity index (χ0) is 21.8. The SMILES string of the molecule is CCOC(=O)c1ccc(N2C(=N)S/C(=C\c3cc(OC)c(O)c(OC)c3)C2=O)cc1. The Balaban J connectivity index is 1.89. The lowest BCUT2D eigenvalue weighted by molar-refractivity contribution is -0.113. The number of benzene rings is 2. The van der Waals surface area contributed by atoms with Crippen molar-refractivity contribution in [3.8, 4) is 17.2 Å². The number of thioether (sulfide) groups is 1. The molecule has 0 spiro atoms. The summed E-state index contributed by atoms with van der Waals surface area (Å²) in [5.74, 6) is -0.545. The zero-order valence-electron chi connectivity index (χ0n) is 16.6. The molecule has 2 aromatic rings. The summed E-state index contributed by atoms with van der Waals surface area (Å²) in [5, 5.41) is 18.3. The number of anilines is 1. The summed E-state index contributed by atoms with van der Waals surface area (Å²) in [6.07, 6.45) is 1.60. The topological polar surface area (TPSA) is 109 Å². The van der Waals surface area contributed by atoms with Gasteiger partial charge in [0.25, 0.3) is 5.91 Å². The molecular weight excluding hydrogens is 408 g/mol. The molecule has 0 bridgehead atoms. The fraction of sp³-hybridized carbons (Fsp3) is 0.190. The van der Waals surface area contributed by atoms with Crippen molar-refractivity contribution in [1.82, 2.24) is 0 Å². The molecule has 1 aliphatic rings. The molecule has 0 unspecified atom stereocenters. The maximum Gasteiger partial charge on any atom is 0.338 e. The molecule has 156 valence electrons. The fourth-order valence-corrected chi connectivity index (χ4v) is 3.69. The summed E-state index contributed by atoms with van der Waals surface area (Å²) >= 11 is 1.01. The molecule has 1 heterocycles. The van der Waals surface area contributed by atoms with Gasteiger partial charge in [-0.1, -0.05) is 0 Å². The first-order chi connectivity index (χ1) is 14.4. The van der Waals surface area contributed by atoms with E-state index in [1.54, 1.807) is 49.4 Å². The second-order valence-electron chi connectivity index (χ2n) is 6.10. The number of esters is 1. The normalized spacial score (nSPS) is 14.9. The van der Waals surface area contributed by atoms with Crippen molar-refractivity contribution in [1.29, 1.82) is 5.41 Å². The highest BCUT2D eigenvalue weighted by Gasteiger charge is 2.33. The maximum atomic E-state index is 12.9. The minimum atomic E-state index is -0.447. The third kappa shape index (κ3) is 4.11. The van der Waals surface area contributed by atoms with Gasteiger partial charge in [-0.25, -0.2) is 4.79 Å². The zero-order valence-corrected chi connectivity index (χ0v) is 17.4. The van der Waals surface area contributed by atoms with Crippen LogP contribution in [-0.2, 0) is 9.53 Å². The van der Waals surface area contributed by atoms with Gasteiger partial charge in [0.1, 0.15) is 0 Å². The van der Waals surface area contributed by atoms with Crippen molar-refractivity contribution < 1.29 is 28.9 Å². The minimum absolute atomic E-state index is 0.0350. The highest BCUT2D eigenvalue weighted by atomic mass is 32.2. The quantitative estimate of drug-likeness (QED) is 0.534. The Kier molecular flexibility index (Phi) is 6.31. The van der Waals surface area contributed by atoms with Gasteiger partial charge in [0.2, 0.25) is 5.75 Å². The molecule has 0 aromatic heterocycles. The van der Waals surface area contributed by atoms with Crippen LogP contribution in [0.15, 0.2) is 41.3 Å². The van der Waals surface area contributed by atoms with E-state index in [4.69, 9.17) is 19.6 Å². The maximum absolute atomic E-state index is 12.9. The molecule has 1 fully saturated rings. The van der Waals surface area contributed by atoms with Crippen molar-refractivity contribution in [3.05, 3.63) is 52.4 Å². The predicted molar refractivity (Wildman–Crippen MR) is 114 cm³/mol. The number of carbonyl (C=O) groups excluding carboxylic acids is 2. The smallest absolute Gasteiger partial charge is 0.338 e. The first-order valence-corrected chi connectivity index (χ1v) is 9.76. The van der Waals surface area contributed by atoms with E-state index in [1.807, 2.05) is 0 Å². The van der Waals surface area contributed by atoms with Crippen molar-refractivity contribution in [3.63, 3.8) is 0 Å². The van der Waals surface area contributed by atoms with Crippen molar-refractivity contribution in [2.24, 2.45) is 0 Å². The summed E-state index contributed by atoms with van der Waals surface area (Å²) in [7, 11) is 2.83. The first kappa shape index (κ1) is 21.3. The number of carbonyl (C=O) groups is 2. The lowest BCUT2D eigenvalue weighted by atomic mass is 10.1. The molecule has 9 heteroatoms. The first-order valence-electron chi connectivity index (χ1n) is 8.94. The van der Waals surface area contributed by atoms with Crippen LogP contribution in [0.4, 0.5) is 5.69 Å². The van der Waals surface area contributed by atoms with E-state index in [9.17, 15) is 14.7 Å². The van der Waals surface area contributed by atoms with Crippen LogP contribution in [0.25, 0.3) is 6.08 Å². The Morgan fingerprint density at radius 1 is 1.17 bits per heavy atom. The molecule has 1 amide bonds. The molecule has 8 nitrogen and oxygen atoms in total. The van der Waals surface area contributed by atoms with Gasteiger partial charge in [0.05, 0.1) is 37.0 Å². The van der Waals surface area contributed by atoms with E-state index in [2.05, 4.69) is 0 Å². The summed E-state index contributed by atoms with van der Waals surface area (Å²) in [5.41, 5.74) is 1.41. The molecule has 2 N–H and O–H groups in total. The summed E-state index contributed by atoms with van der Waals surface area (Å²) in [6.45, 7) is 1.99. The second-order valence-corrected chi connectivity index (χ2v) is 7.13. The molecule has 0 radical (unpaired) electrons. The van der Waals surface area contributed by atoms with Gasteiger partial charge in [0.15, 0.2) is 16.7 Å². The van der Waals surface area contributed by atoms with Crippen molar-refractivity contribution in [2.75, 3.05) is 25.7 Å². The van der Waals surface area contributed by atoms with E-state index in [-0.39, 0.29) is 34.9 Å². The van der Waals surface area contributed by atoms with Gasteiger partial charge in [-0.15, -0.1) is 0 Å². The van der Waals surface area contributed by atoms with Crippen LogP contribution in [0.2, 0.25) is 0 Å². The van der Waals surface area contributed by atoms with Crippen LogP contribution in [0, 0.1) is 5.41 Å². The number of nitrogens with one attached hydrogen (secondary N) is 1. The lowest BCUT2D eigenvalue weighted by Crippen LogP contribution is -2.28. The van der Waals surface area contributed by atoms with E-state index in [1.165, 1.54) is 19.1 Å². The van der Waals surface area contributed by atoms with Crippen LogP contribution in [-0.4, -0.2) is 43.0 Å². The summed E-state index contributed by atoms with van der Waals surface area (Å²) < 4.78 is 15.2. The van der Waals surface area contributed by atoms with E-state index in [0.717, 1.165) is 11.8 Å². The number of ether oxygens (including phenoxy) is 3. The Bertz CT molecular complexity index is 1010. The Morgan fingerprint density at radius 2 is 1.77 bits per heavy atom. The van der Waals surface area contributed by atoms with Crippen LogP contribution in [0.3, 0.4) is 0 Å². The molecular formula is C21H20N2O6S. The highest BCUT2D eigenvalue weighted by Crippen LogP contribution is 2.40. The Morgan fingerprint density at radius 3 is 2.30 bits per heavy atom. The third-order valence-corrected chi connectivity index (χ3v) is 5.15. The van der Waals surface area contributed by atoms with Gasteiger partial charge in [-0.3, -0.25) is 15.1 Å². The van der Waals surface area contributed by atoms with E-state index in [0.29, 0.717) is 21.7 Å². The van der Waals surface area contributed by atoms with E-state index < -0.39 is 5.97 Å². The van der Waals surface area contributed by atoms with Crippen LogP contribution < -0.4 is 14.4 Å². The van der Waals surface area contributed by atoms with Crippen LogP contribution in [0.1, 0.15) is 22.8 Å². The number of phenols is 1. The fourth-order valence-electron chi connectivity index (χ4n) is 2.83. The number of hydrogen-bond acceptors (Lipinski definition) is 8. The molecule has 30 heavy (non-hydrogen) atoms. The monoisotopic (exact) mass is 428 g/mol. The molecule has 3 rings (SSSR count). The number of methoxy groups -OCH3 is 2. The Labute approximate surface area is 177 Å². The number of aromatic hydroxyl groups is 1. The van der Waals surface area contributed by atoms with Gasteiger partial charge in [-0.05, 0) is 66.7 Å². The highest BCUT2D eigenvalue weighted by molar-refractivity contribution is 8.19. The van der Waals surface area contributed by atoms with Gasteiger partial charge in [-0.2, -0.15) is 0 Å². The average Bonchev–Trinajstić information content (AvgIpc) is 3.02. The van der Waals surface area contributed by atoms with Gasteiger partial charge in [0, 0.05) is 0 Å². The molecule has 0 atom stereocenters. The number of nitrogens with zero attached hydrogens (tertiary/aromatic N) is 1. The lowest BCUT2D eigenvalue weighted by Gasteiger charge is -2.14. The largest absolute Gasteiger partial charge is 0.502 e. The standard InChI is InChI=1S/C21H20N2O6S/c1-4-29-20(26)13-5-7-14(8-6-13)23-19(25)17(30-21(23)22)11-12-9-15(27-2)18(24)16(10-12)28-3/h5-11,22,24H,4H2,1-3H3/b17-11-,22-21?. The number of amides is 1. The molecule has 0 saturated carbocycles. The van der Waals surface area contributed by atoms with E-state index >= 15 is 0 Å². The van der Waals surface area contributed by atoms with Crippen LogP contribution in [0.5, 0.6) is 17.2 Å². The number of rotatable bonds is 6. The van der Waals surface area contributed by atoms with Crippen molar-refractivity contribution in [2.45, 2.75) is 6.92 Å². The molecule has 0 aliphatic carbocycles. The molecule has 1 aliphatic heterocycles. The number of amidine groups is 1. The number of hydrogen-bond donors (Lipinski definition) is 2. The summed E-state index contributed by atoms with van der Waals surface area (Å²) in [6, 6.07) is 9.42. The third-order valence-electron chi connectivity index (χ3n) is 4.26. The van der Waals surface area contributed by atoms with Gasteiger partial charge >= 0.3 is 5.97 Å². The molecule has 2 aromatic carbocycles. The average molecular weight is 428 g/mol. The minimum Gasteiger partial charge on any atom is -0.502 e. The molecule has 1 saturated heterocycles. The number of phenolic OH excluding ortho intramolecular Hbond substituents is 1. The summed E-state index contributed by atoms with van der Waals surface area (Å²) in [4.78, 5) is 26.3. The predicted octanol–water partition coefficient (Wildman–Crippen LogP) is 3.64. The van der Waals surface area contributed by atoms with Crippen LogP contribution >= 0.6 is 11.8 Å².